The third kappa shape index (κ3) is 3.07. The number of ether oxygens (including phenoxy) is 4. The summed E-state index contributed by atoms with van der Waals surface area (Å²) in [6, 6.07) is 9.08. The van der Waals surface area contributed by atoms with Crippen molar-refractivity contribution in [2.75, 3.05) is 13.9 Å². The van der Waals surface area contributed by atoms with Crippen LogP contribution in [0.4, 0.5) is 5.69 Å². The SMILES string of the molecule is COc1ccc(C(=O)OCc2ccc3c(c2)OCO3)cc1[N+](=O)[O-]. The summed E-state index contributed by atoms with van der Waals surface area (Å²) >= 11 is 0. The number of hydrogen-bond donors (Lipinski definition) is 0. The van der Waals surface area contributed by atoms with Crippen LogP contribution in [0, 0.1) is 10.1 Å². The summed E-state index contributed by atoms with van der Waals surface area (Å²) in [6.45, 7) is 0.170. The Labute approximate surface area is 136 Å². The van der Waals surface area contributed by atoms with Crippen LogP contribution in [0.2, 0.25) is 0 Å². The lowest BCUT2D eigenvalue weighted by molar-refractivity contribution is -0.385. The maximum absolute atomic E-state index is 12.1. The Balaban J connectivity index is 1.71. The van der Waals surface area contributed by atoms with Crippen molar-refractivity contribution >= 4 is 11.7 Å². The second-order valence-electron chi connectivity index (χ2n) is 4.91. The first-order valence-corrected chi connectivity index (χ1v) is 6.96. The lowest BCUT2D eigenvalue weighted by Crippen LogP contribution is -2.06. The summed E-state index contributed by atoms with van der Waals surface area (Å²) in [5, 5.41) is 11.0. The fourth-order valence-electron chi connectivity index (χ4n) is 2.22. The molecule has 1 aliphatic rings. The summed E-state index contributed by atoms with van der Waals surface area (Å²) < 4.78 is 20.5. The second-order valence-corrected chi connectivity index (χ2v) is 4.91. The van der Waals surface area contributed by atoms with Gasteiger partial charge in [0.25, 0.3) is 0 Å². The van der Waals surface area contributed by atoms with Crippen molar-refractivity contribution in [3.8, 4) is 17.2 Å². The van der Waals surface area contributed by atoms with E-state index in [1.54, 1.807) is 18.2 Å². The maximum Gasteiger partial charge on any atom is 0.338 e. The van der Waals surface area contributed by atoms with Crippen molar-refractivity contribution in [3.05, 3.63) is 57.6 Å². The molecule has 8 heteroatoms. The molecule has 0 bridgehead atoms. The van der Waals surface area contributed by atoms with Gasteiger partial charge in [-0.1, -0.05) is 6.07 Å². The molecule has 0 aromatic heterocycles. The number of esters is 1. The Kier molecular flexibility index (Phi) is 4.19. The van der Waals surface area contributed by atoms with Crippen molar-refractivity contribution in [2.45, 2.75) is 6.61 Å². The normalized spacial score (nSPS) is 11.9. The number of fused-ring (bicyclic) bond motifs is 1. The molecule has 2 aromatic rings. The van der Waals surface area contributed by atoms with Gasteiger partial charge in [0.1, 0.15) is 6.61 Å². The van der Waals surface area contributed by atoms with E-state index in [-0.39, 0.29) is 30.4 Å². The Morgan fingerprint density at radius 1 is 1.21 bits per heavy atom. The van der Waals surface area contributed by atoms with Gasteiger partial charge in [0.15, 0.2) is 17.2 Å². The molecular formula is C16H13NO7. The van der Waals surface area contributed by atoms with E-state index in [1.165, 1.54) is 19.2 Å². The number of nitro benzene ring substituents is 1. The fraction of sp³-hybridized carbons (Fsp3) is 0.188. The molecule has 0 N–H and O–H groups in total. The van der Waals surface area contributed by atoms with E-state index in [2.05, 4.69) is 0 Å². The van der Waals surface area contributed by atoms with Gasteiger partial charge in [-0.3, -0.25) is 10.1 Å². The summed E-state index contributed by atoms with van der Waals surface area (Å²) in [6.07, 6.45) is 0. The van der Waals surface area contributed by atoms with E-state index < -0.39 is 10.9 Å². The molecule has 0 aliphatic carbocycles. The van der Waals surface area contributed by atoms with E-state index in [4.69, 9.17) is 18.9 Å². The highest BCUT2D eigenvalue weighted by Crippen LogP contribution is 2.33. The lowest BCUT2D eigenvalue weighted by atomic mass is 10.2. The van der Waals surface area contributed by atoms with Crippen molar-refractivity contribution in [1.82, 2.24) is 0 Å². The molecule has 24 heavy (non-hydrogen) atoms. The monoisotopic (exact) mass is 331 g/mol. The molecular weight excluding hydrogens is 318 g/mol. The van der Waals surface area contributed by atoms with Crippen LogP contribution < -0.4 is 14.2 Å². The van der Waals surface area contributed by atoms with E-state index in [1.807, 2.05) is 0 Å². The predicted molar refractivity (Wildman–Crippen MR) is 81.3 cm³/mol. The lowest BCUT2D eigenvalue weighted by Gasteiger charge is -2.07. The van der Waals surface area contributed by atoms with Crippen molar-refractivity contribution in [1.29, 1.82) is 0 Å². The zero-order valence-electron chi connectivity index (χ0n) is 12.7. The molecule has 3 rings (SSSR count). The summed E-state index contributed by atoms with van der Waals surface area (Å²) in [4.78, 5) is 22.5. The zero-order valence-corrected chi connectivity index (χ0v) is 12.7. The van der Waals surface area contributed by atoms with Crippen LogP contribution in [0.25, 0.3) is 0 Å². The van der Waals surface area contributed by atoms with Gasteiger partial charge in [0, 0.05) is 6.07 Å². The van der Waals surface area contributed by atoms with E-state index >= 15 is 0 Å². The molecule has 0 unspecified atom stereocenters. The Morgan fingerprint density at radius 3 is 2.75 bits per heavy atom. The van der Waals surface area contributed by atoms with Gasteiger partial charge in [0.2, 0.25) is 6.79 Å². The number of benzene rings is 2. The summed E-state index contributed by atoms with van der Waals surface area (Å²) in [5.74, 6) is 0.630. The number of hydrogen-bond acceptors (Lipinski definition) is 7. The van der Waals surface area contributed by atoms with Crippen molar-refractivity contribution in [3.63, 3.8) is 0 Å². The molecule has 0 saturated carbocycles. The number of carbonyl (C=O) groups excluding carboxylic acids is 1. The molecule has 0 saturated heterocycles. The highest BCUT2D eigenvalue weighted by atomic mass is 16.7. The molecule has 0 fully saturated rings. The van der Waals surface area contributed by atoms with E-state index in [0.29, 0.717) is 11.5 Å². The standard InChI is InChI=1S/C16H13NO7/c1-21-13-5-3-11(7-12(13)17(19)20)16(18)22-8-10-2-4-14-15(6-10)24-9-23-14/h2-7H,8-9H2,1H3. The molecule has 0 spiro atoms. The Hall–Kier alpha value is -3.29. The van der Waals surface area contributed by atoms with Gasteiger partial charge >= 0.3 is 11.7 Å². The average molecular weight is 331 g/mol. The van der Waals surface area contributed by atoms with Crippen LogP contribution in [0.1, 0.15) is 15.9 Å². The van der Waals surface area contributed by atoms with Crippen molar-refractivity contribution in [2.24, 2.45) is 0 Å². The Morgan fingerprint density at radius 2 is 2.00 bits per heavy atom. The first-order chi connectivity index (χ1) is 11.6. The second kappa shape index (κ2) is 6.45. The molecule has 0 amide bonds. The highest BCUT2D eigenvalue weighted by molar-refractivity contribution is 5.90. The Bertz CT molecular complexity index is 803. The predicted octanol–water partition coefficient (Wildman–Crippen LogP) is 2.69. The summed E-state index contributed by atoms with van der Waals surface area (Å²) in [7, 11) is 1.32. The van der Waals surface area contributed by atoms with Crippen LogP contribution in [0.3, 0.4) is 0 Å². The molecule has 2 aromatic carbocycles. The summed E-state index contributed by atoms with van der Waals surface area (Å²) in [5.41, 5.74) is 0.494. The topological polar surface area (TPSA) is 97.1 Å². The third-order valence-corrected chi connectivity index (χ3v) is 3.42. The molecule has 1 aliphatic heterocycles. The minimum absolute atomic E-state index is 0.00923. The molecule has 124 valence electrons. The molecule has 0 radical (unpaired) electrons. The highest BCUT2D eigenvalue weighted by Gasteiger charge is 2.19. The average Bonchev–Trinajstić information content (AvgIpc) is 3.06. The zero-order chi connectivity index (χ0) is 17.1. The maximum atomic E-state index is 12.1. The molecule has 1 heterocycles. The largest absolute Gasteiger partial charge is 0.490 e. The number of carbonyl (C=O) groups is 1. The van der Waals surface area contributed by atoms with Gasteiger partial charge in [-0.25, -0.2) is 4.79 Å². The number of nitrogens with zero attached hydrogens (tertiary/aromatic N) is 1. The molecule has 0 atom stereocenters. The van der Waals surface area contributed by atoms with Gasteiger partial charge in [-0.2, -0.15) is 0 Å². The number of nitro groups is 1. The van der Waals surface area contributed by atoms with Gasteiger partial charge in [-0.15, -0.1) is 0 Å². The van der Waals surface area contributed by atoms with Crippen molar-refractivity contribution < 1.29 is 28.7 Å². The minimum atomic E-state index is -0.668. The number of rotatable bonds is 5. The van der Waals surface area contributed by atoms with Gasteiger partial charge in [-0.05, 0) is 29.8 Å². The van der Waals surface area contributed by atoms with Crippen LogP contribution in [-0.2, 0) is 11.3 Å². The quantitative estimate of drug-likeness (QED) is 0.472. The number of methoxy groups -OCH3 is 1. The van der Waals surface area contributed by atoms with Gasteiger partial charge in [0.05, 0.1) is 17.6 Å². The minimum Gasteiger partial charge on any atom is -0.490 e. The third-order valence-electron chi connectivity index (χ3n) is 3.42. The molecule has 8 nitrogen and oxygen atoms in total. The first-order valence-electron chi connectivity index (χ1n) is 6.96. The van der Waals surface area contributed by atoms with Gasteiger partial charge < -0.3 is 18.9 Å². The van der Waals surface area contributed by atoms with E-state index in [0.717, 1.165) is 11.6 Å². The van der Waals surface area contributed by atoms with Crippen LogP contribution >= 0.6 is 0 Å². The van der Waals surface area contributed by atoms with E-state index in [9.17, 15) is 14.9 Å². The fourth-order valence-corrected chi connectivity index (χ4v) is 2.22. The van der Waals surface area contributed by atoms with Crippen LogP contribution in [-0.4, -0.2) is 24.8 Å². The smallest absolute Gasteiger partial charge is 0.338 e. The van der Waals surface area contributed by atoms with Crippen LogP contribution in [0.5, 0.6) is 17.2 Å². The first kappa shape index (κ1) is 15.6. The van der Waals surface area contributed by atoms with Crippen LogP contribution in [0.15, 0.2) is 36.4 Å².